The molecule has 0 bridgehead atoms. The van der Waals surface area contributed by atoms with Crippen LogP contribution in [0.2, 0.25) is 0 Å². The number of rotatable bonds is 4. The van der Waals surface area contributed by atoms with Crippen molar-refractivity contribution in [3.05, 3.63) is 35.0 Å². The van der Waals surface area contributed by atoms with Crippen molar-refractivity contribution in [2.24, 2.45) is 0 Å². The summed E-state index contributed by atoms with van der Waals surface area (Å²) in [6.45, 7) is 0. The summed E-state index contributed by atoms with van der Waals surface area (Å²) in [4.78, 5) is 8.60. The molecule has 0 radical (unpaired) electrons. The average Bonchev–Trinajstić information content (AvgIpc) is 3.04. The molecule has 2 aromatic heterocycles. The molecule has 0 amide bonds. The lowest BCUT2D eigenvalue weighted by atomic mass is 10.4. The van der Waals surface area contributed by atoms with Gasteiger partial charge in [0.1, 0.15) is 5.82 Å². The molecule has 0 spiro atoms. The second-order valence-electron chi connectivity index (χ2n) is 4.17. The van der Waals surface area contributed by atoms with Crippen LogP contribution in [-0.2, 0) is 10.0 Å². The second kappa shape index (κ2) is 4.33. The summed E-state index contributed by atoms with van der Waals surface area (Å²) in [5.74, 6) is 1.26. The maximum absolute atomic E-state index is 11.9. The number of hydrogen-bond donors (Lipinski definition) is 1. The van der Waals surface area contributed by atoms with Crippen LogP contribution in [0, 0.1) is 0 Å². The zero-order chi connectivity index (χ0) is 12.6. The second-order valence-corrected chi connectivity index (χ2v) is 6.63. The van der Waals surface area contributed by atoms with Crippen LogP contribution in [0.1, 0.15) is 24.6 Å². The first-order chi connectivity index (χ1) is 8.65. The maximum atomic E-state index is 11.9. The molecule has 18 heavy (non-hydrogen) atoms. The van der Waals surface area contributed by atoms with Gasteiger partial charge in [0.2, 0.25) is 0 Å². The number of thiophene rings is 1. The van der Waals surface area contributed by atoms with Gasteiger partial charge < -0.3 is 0 Å². The van der Waals surface area contributed by atoms with E-state index in [4.69, 9.17) is 0 Å². The fraction of sp³-hybridized carbons (Fsp3) is 0.273. The van der Waals surface area contributed by atoms with Gasteiger partial charge in [0.15, 0.2) is 0 Å². The van der Waals surface area contributed by atoms with Crippen LogP contribution in [0.15, 0.2) is 34.1 Å². The summed E-state index contributed by atoms with van der Waals surface area (Å²) in [7, 11) is -3.51. The van der Waals surface area contributed by atoms with Gasteiger partial charge in [-0.05, 0) is 24.3 Å². The van der Waals surface area contributed by atoms with Gasteiger partial charge in [0, 0.05) is 11.3 Å². The standard InChI is InChI=1S/C11H11N3O2S2/c15-18(16,10-3-4-17-7-10)14-9-5-12-11(13-6-9)8-1-2-8/h3-8,14H,1-2H2. The molecule has 1 fully saturated rings. The Kier molecular flexibility index (Phi) is 2.79. The molecule has 5 nitrogen and oxygen atoms in total. The third-order valence-corrected chi connectivity index (χ3v) is 4.88. The van der Waals surface area contributed by atoms with Crippen LogP contribution in [0.4, 0.5) is 5.69 Å². The summed E-state index contributed by atoms with van der Waals surface area (Å²) >= 11 is 1.34. The number of aromatic nitrogens is 2. The molecular formula is C11H11N3O2S2. The summed E-state index contributed by atoms with van der Waals surface area (Å²) in [5, 5.41) is 3.31. The molecular weight excluding hydrogens is 270 g/mol. The molecule has 7 heteroatoms. The molecule has 0 aliphatic heterocycles. The minimum absolute atomic E-state index is 0.263. The van der Waals surface area contributed by atoms with E-state index in [0.717, 1.165) is 18.7 Å². The third kappa shape index (κ3) is 2.37. The Bertz CT molecular complexity index is 631. The summed E-state index contributed by atoms with van der Waals surface area (Å²) in [6, 6.07) is 1.56. The van der Waals surface area contributed by atoms with Crippen molar-refractivity contribution >= 4 is 27.0 Å². The lowest BCUT2D eigenvalue weighted by molar-refractivity contribution is 0.601. The van der Waals surface area contributed by atoms with E-state index in [1.807, 2.05) is 0 Å². The number of nitrogens with one attached hydrogen (secondary N) is 1. The van der Waals surface area contributed by atoms with Crippen molar-refractivity contribution < 1.29 is 8.42 Å². The molecule has 1 saturated carbocycles. The number of sulfonamides is 1. The fourth-order valence-corrected chi connectivity index (χ4v) is 3.62. The predicted molar refractivity (Wildman–Crippen MR) is 69.1 cm³/mol. The highest BCUT2D eigenvalue weighted by molar-refractivity contribution is 7.92. The average molecular weight is 281 g/mol. The Balaban J connectivity index is 1.79. The molecule has 0 aromatic carbocycles. The summed E-state index contributed by atoms with van der Waals surface area (Å²) < 4.78 is 26.3. The molecule has 0 atom stereocenters. The maximum Gasteiger partial charge on any atom is 0.262 e. The Labute approximate surface area is 109 Å². The normalized spacial score (nSPS) is 15.6. The van der Waals surface area contributed by atoms with E-state index < -0.39 is 10.0 Å². The molecule has 1 aliphatic rings. The van der Waals surface area contributed by atoms with Crippen molar-refractivity contribution in [3.63, 3.8) is 0 Å². The van der Waals surface area contributed by atoms with E-state index in [1.54, 1.807) is 16.8 Å². The van der Waals surface area contributed by atoms with Gasteiger partial charge in [-0.3, -0.25) is 4.72 Å². The van der Waals surface area contributed by atoms with Crippen LogP contribution in [0.5, 0.6) is 0 Å². The largest absolute Gasteiger partial charge is 0.276 e. The van der Waals surface area contributed by atoms with E-state index in [0.29, 0.717) is 11.6 Å². The highest BCUT2D eigenvalue weighted by Gasteiger charge is 2.26. The minimum Gasteiger partial charge on any atom is -0.276 e. The van der Waals surface area contributed by atoms with Crippen LogP contribution < -0.4 is 4.72 Å². The number of hydrogen-bond acceptors (Lipinski definition) is 5. The Morgan fingerprint density at radius 2 is 2.00 bits per heavy atom. The zero-order valence-corrected chi connectivity index (χ0v) is 11.0. The monoisotopic (exact) mass is 281 g/mol. The predicted octanol–water partition coefficient (Wildman–Crippen LogP) is 2.22. The first-order valence-corrected chi connectivity index (χ1v) is 7.95. The first kappa shape index (κ1) is 11.6. The Hall–Kier alpha value is -1.47. The topological polar surface area (TPSA) is 72.0 Å². The third-order valence-electron chi connectivity index (χ3n) is 2.67. The van der Waals surface area contributed by atoms with E-state index >= 15 is 0 Å². The zero-order valence-electron chi connectivity index (χ0n) is 9.41. The van der Waals surface area contributed by atoms with Crippen molar-refractivity contribution in [1.82, 2.24) is 9.97 Å². The molecule has 3 rings (SSSR count). The highest BCUT2D eigenvalue weighted by Crippen LogP contribution is 2.37. The van der Waals surface area contributed by atoms with Crippen molar-refractivity contribution in [2.45, 2.75) is 23.7 Å². The smallest absolute Gasteiger partial charge is 0.262 e. The van der Waals surface area contributed by atoms with Crippen LogP contribution in [0.3, 0.4) is 0 Å². The first-order valence-electron chi connectivity index (χ1n) is 5.52. The molecule has 94 valence electrons. The van der Waals surface area contributed by atoms with Crippen LogP contribution in [-0.4, -0.2) is 18.4 Å². The summed E-state index contributed by atoms with van der Waals surface area (Å²) in [5.41, 5.74) is 0.394. The van der Waals surface area contributed by atoms with Gasteiger partial charge in [-0.1, -0.05) is 0 Å². The van der Waals surface area contributed by atoms with E-state index in [9.17, 15) is 8.42 Å². The van der Waals surface area contributed by atoms with Gasteiger partial charge in [-0.2, -0.15) is 11.3 Å². The van der Waals surface area contributed by atoms with Crippen molar-refractivity contribution in [2.75, 3.05) is 4.72 Å². The summed E-state index contributed by atoms with van der Waals surface area (Å²) in [6.07, 6.45) is 5.29. The molecule has 0 saturated heterocycles. The number of nitrogens with zero attached hydrogens (tertiary/aromatic N) is 2. The van der Waals surface area contributed by atoms with Gasteiger partial charge in [0.25, 0.3) is 10.0 Å². The fourth-order valence-electron chi connectivity index (χ4n) is 1.56. The van der Waals surface area contributed by atoms with Gasteiger partial charge in [-0.15, -0.1) is 0 Å². The lowest BCUT2D eigenvalue weighted by Gasteiger charge is -2.06. The van der Waals surface area contributed by atoms with Crippen LogP contribution in [0.25, 0.3) is 0 Å². The highest BCUT2D eigenvalue weighted by atomic mass is 32.2. The van der Waals surface area contributed by atoms with E-state index in [1.165, 1.54) is 23.7 Å². The van der Waals surface area contributed by atoms with Gasteiger partial charge in [0.05, 0.1) is 23.0 Å². The minimum atomic E-state index is -3.51. The van der Waals surface area contributed by atoms with Gasteiger partial charge >= 0.3 is 0 Å². The molecule has 1 aliphatic carbocycles. The van der Waals surface area contributed by atoms with E-state index in [-0.39, 0.29) is 4.90 Å². The Morgan fingerprint density at radius 3 is 2.56 bits per heavy atom. The lowest BCUT2D eigenvalue weighted by Crippen LogP contribution is -2.12. The number of anilines is 1. The van der Waals surface area contributed by atoms with Crippen LogP contribution >= 0.6 is 11.3 Å². The SMILES string of the molecule is O=S(=O)(Nc1cnc(C2CC2)nc1)c1ccsc1. The van der Waals surface area contributed by atoms with Crippen molar-refractivity contribution in [1.29, 1.82) is 0 Å². The van der Waals surface area contributed by atoms with Gasteiger partial charge in [-0.25, -0.2) is 18.4 Å². The molecule has 2 heterocycles. The van der Waals surface area contributed by atoms with Crippen molar-refractivity contribution in [3.8, 4) is 0 Å². The quantitative estimate of drug-likeness (QED) is 0.932. The Morgan fingerprint density at radius 1 is 1.28 bits per heavy atom. The molecule has 1 N–H and O–H groups in total. The molecule has 2 aromatic rings. The molecule has 0 unspecified atom stereocenters. The van der Waals surface area contributed by atoms with E-state index in [2.05, 4.69) is 14.7 Å².